The van der Waals surface area contributed by atoms with E-state index < -0.39 is 8.32 Å². The smallest absolute Gasteiger partial charge is 0.250 e. The molecule has 0 unspecified atom stereocenters. The lowest BCUT2D eigenvalue weighted by atomic mass is 10.2. The zero-order valence-corrected chi connectivity index (χ0v) is 13.6. The first-order chi connectivity index (χ1) is 7.67. The zero-order chi connectivity index (χ0) is 13.3. The zero-order valence-electron chi connectivity index (χ0n) is 11.0. The van der Waals surface area contributed by atoms with Crippen LogP contribution >= 0.6 is 15.9 Å². The van der Waals surface area contributed by atoms with Crippen LogP contribution in [0.4, 0.5) is 0 Å². The number of hydrogen-bond donors (Lipinski definition) is 0. The Morgan fingerprint density at radius 1 is 1.29 bits per heavy atom. The second-order valence-corrected chi connectivity index (χ2v) is 11.2. The lowest BCUT2D eigenvalue weighted by molar-refractivity contribution is 0.112. The van der Waals surface area contributed by atoms with Gasteiger partial charge in [0.05, 0.1) is 4.47 Å². The average Bonchev–Trinajstić information content (AvgIpc) is 2.19. The van der Waals surface area contributed by atoms with Crippen molar-refractivity contribution in [3.05, 3.63) is 28.2 Å². The molecule has 0 fully saturated rings. The van der Waals surface area contributed by atoms with E-state index in [1.165, 1.54) is 0 Å². The van der Waals surface area contributed by atoms with Crippen molar-refractivity contribution in [3.63, 3.8) is 0 Å². The summed E-state index contributed by atoms with van der Waals surface area (Å²) in [6, 6.07) is 5.42. The van der Waals surface area contributed by atoms with Crippen LogP contribution < -0.4 is 4.43 Å². The first kappa shape index (κ1) is 14.4. The Morgan fingerprint density at radius 3 is 2.29 bits per heavy atom. The molecule has 0 radical (unpaired) electrons. The van der Waals surface area contributed by atoms with Gasteiger partial charge in [-0.25, -0.2) is 0 Å². The van der Waals surface area contributed by atoms with E-state index >= 15 is 0 Å². The molecule has 4 heteroatoms. The fourth-order valence-electron chi connectivity index (χ4n) is 1.10. The number of carbonyl (C=O) groups excluding carboxylic acids is 1. The monoisotopic (exact) mass is 314 g/mol. The molecule has 0 aliphatic rings. The van der Waals surface area contributed by atoms with Gasteiger partial charge in [-0.15, -0.1) is 0 Å². The van der Waals surface area contributed by atoms with E-state index in [2.05, 4.69) is 49.8 Å². The van der Waals surface area contributed by atoms with Gasteiger partial charge in [0.25, 0.3) is 8.32 Å². The third-order valence-corrected chi connectivity index (χ3v) is 8.23. The molecule has 94 valence electrons. The van der Waals surface area contributed by atoms with E-state index in [-0.39, 0.29) is 5.04 Å². The number of hydrogen-bond acceptors (Lipinski definition) is 2. The second kappa shape index (κ2) is 4.94. The second-order valence-electron chi connectivity index (χ2n) is 5.67. The van der Waals surface area contributed by atoms with Gasteiger partial charge in [0, 0.05) is 5.56 Å². The summed E-state index contributed by atoms with van der Waals surface area (Å²) in [4.78, 5) is 10.7. The van der Waals surface area contributed by atoms with Crippen LogP contribution in [-0.2, 0) is 0 Å². The van der Waals surface area contributed by atoms with Gasteiger partial charge in [0.1, 0.15) is 12.0 Å². The van der Waals surface area contributed by atoms with Crippen molar-refractivity contribution < 1.29 is 9.22 Å². The quantitative estimate of drug-likeness (QED) is 0.600. The molecule has 0 spiro atoms. The van der Waals surface area contributed by atoms with Gasteiger partial charge in [0.2, 0.25) is 0 Å². The molecule has 17 heavy (non-hydrogen) atoms. The normalized spacial score (nSPS) is 12.4. The average molecular weight is 315 g/mol. The minimum Gasteiger partial charge on any atom is -0.543 e. The fourth-order valence-corrected chi connectivity index (χ4v) is 2.76. The number of aldehydes is 1. The maximum Gasteiger partial charge on any atom is 0.250 e. The van der Waals surface area contributed by atoms with Gasteiger partial charge in [-0.05, 0) is 52.3 Å². The van der Waals surface area contributed by atoms with E-state index in [1.54, 1.807) is 12.1 Å². The Labute approximate surface area is 113 Å². The molecule has 1 rings (SSSR count). The summed E-state index contributed by atoms with van der Waals surface area (Å²) in [5.74, 6) is 0.821. The van der Waals surface area contributed by atoms with Crippen molar-refractivity contribution in [2.75, 3.05) is 0 Å². The van der Waals surface area contributed by atoms with E-state index in [0.29, 0.717) is 5.56 Å². The summed E-state index contributed by atoms with van der Waals surface area (Å²) >= 11 is 3.45. The van der Waals surface area contributed by atoms with Crippen LogP contribution in [0.25, 0.3) is 0 Å². The predicted molar refractivity (Wildman–Crippen MR) is 77.4 cm³/mol. The first-order valence-electron chi connectivity index (χ1n) is 5.61. The summed E-state index contributed by atoms with van der Waals surface area (Å²) in [5.41, 5.74) is 0.652. The number of benzene rings is 1. The van der Waals surface area contributed by atoms with Gasteiger partial charge in [-0.2, -0.15) is 0 Å². The van der Waals surface area contributed by atoms with Crippen LogP contribution in [-0.4, -0.2) is 14.6 Å². The van der Waals surface area contributed by atoms with Crippen LogP contribution in [0.5, 0.6) is 5.75 Å². The molecule has 0 aromatic heterocycles. The van der Waals surface area contributed by atoms with Crippen molar-refractivity contribution in [2.45, 2.75) is 38.9 Å². The highest BCUT2D eigenvalue weighted by atomic mass is 79.9. The van der Waals surface area contributed by atoms with Gasteiger partial charge >= 0.3 is 0 Å². The highest BCUT2D eigenvalue weighted by Gasteiger charge is 2.39. The number of halogens is 1. The maximum absolute atomic E-state index is 10.7. The maximum atomic E-state index is 10.7. The van der Waals surface area contributed by atoms with Gasteiger partial charge in [-0.3, -0.25) is 4.79 Å². The Morgan fingerprint density at radius 2 is 1.88 bits per heavy atom. The van der Waals surface area contributed by atoms with E-state index in [9.17, 15) is 4.79 Å². The summed E-state index contributed by atoms with van der Waals surface area (Å²) in [7, 11) is -1.82. The topological polar surface area (TPSA) is 26.3 Å². The Hall–Kier alpha value is -0.613. The summed E-state index contributed by atoms with van der Waals surface area (Å²) in [6.45, 7) is 11.0. The Bertz CT molecular complexity index is 422. The van der Waals surface area contributed by atoms with Crippen LogP contribution in [0.15, 0.2) is 22.7 Å². The van der Waals surface area contributed by atoms with E-state index in [1.807, 2.05) is 6.07 Å². The molecule has 0 aliphatic heterocycles. The Kier molecular flexibility index (Phi) is 4.20. The number of carbonyl (C=O) groups is 1. The summed E-state index contributed by atoms with van der Waals surface area (Å²) < 4.78 is 7.01. The highest BCUT2D eigenvalue weighted by Crippen LogP contribution is 2.39. The van der Waals surface area contributed by atoms with E-state index in [4.69, 9.17) is 4.43 Å². The van der Waals surface area contributed by atoms with Gasteiger partial charge in [0.15, 0.2) is 0 Å². The van der Waals surface area contributed by atoms with Crippen LogP contribution in [0.3, 0.4) is 0 Å². The SMILES string of the molecule is CC(C)(C)[Si](C)(C)Oc1ccc(C=O)cc1Br. The molecule has 2 nitrogen and oxygen atoms in total. The molecule has 0 N–H and O–H groups in total. The van der Waals surface area contributed by atoms with Crippen molar-refractivity contribution in [1.82, 2.24) is 0 Å². The van der Waals surface area contributed by atoms with Crippen LogP contribution in [0, 0.1) is 0 Å². The predicted octanol–water partition coefficient (Wildman–Crippen LogP) is 4.65. The number of rotatable bonds is 3. The molecule has 0 atom stereocenters. The molecule has 0 amide bonds. The molecule has 0 heterocycles. The molecule has 1 aromatic rings. The third kappa shape index (κ3) is 3.42. The van der Waals surface area contributed by atoms with Crippen molar-refractivity contribution in [1.29, 1.82) is 0 Å². The molecule has 0 saturated carbocycles. The van der Waals surface area contributed by atoms with Crippen molar-refractivity contribution >= 4 is 30.5 Å². The lowest BCUT2D eigenvalue weighted by Crippen LogP contribution is -2.43. The Balaban J connectivity index is 3.00. The van der Waals surface area contributed by atoms with E-state index in [0.717, 1.165) is 16.5 Å². The van der Waals surface area contributed by atoms with Gasteiger partial charge < -0.3 is 4.43 Å². The van der Waals surface area contributed by atoms with Crippen LogP contribution in [0.2, 0.25) is 18.1 Å². The standard InChI is InChI=1S/C13H19BrO2Si/c1-13(2,3)17(4,5)16-12-7-6-10(9-15)8-11(12)14/h6-9H,1-5H3. The largest absolute Gasteiger partial charge is 0.543 e. The molecule has 0 aliphatic carbocycles. The minimum absolute atomic E-state index is 0.162. The van der Waals surface area contributed by atoms with Crippen LogP contribution in [0.1, 0.15) is 31.1 Å². The molecule has 1 aromatic carbocycles. The molecule has 0 bridgehead atoms. The third-order valence-electron chi connectivity index (χ3n) is 3.26. The fraction of sp³-hybridized carbons (Fsp3) is 0.462. The summed E-state index contributed by atoms with van der Waals surface area (Å²) in [6.07, 6.45) is 0.834. The van der Waals surface area contributed by atoms with Crippen molar-refractivity contribution in [3.8, 4) is 5.75 Å². The summed E-state index contributed by atoms with van der Waals surface area (Å²) in [5, 5.41) is 0.162. The highest BCUT2D eigenvalue weighted by molar-refractivity contribution is 9.10. The molecular formula is C13H19BrO2Si. The molecular weight excluding hydrogens is 296 g/mol. The van der Waals surface area contributed by atoms with Gasteiger partial charge in [-0.1, -0.05) is 20.8 Å². The van der Waals surface area contributed by atoms with Crippen molar-refractivity contribution in [2.24, 2.45) is 0 Å². The molecule has 0 saturated heterocycles. The first-order valence-corrected chi connectivity index (χ1v) is 9.31. The lowest BCUT2D eigenvalue weighted by Gasteiger charge is -2.36. The minimum atomic E-state index is -1.82.